The molecule has 176 valence electrons. The molecule has 8 atom stereocenters. The van der Waals surface area contributed by atoms with Crippen molar-refractivity contribution in [3.63, 3.8) is 0 Å². The summed E-state index contributed by atoms with van der Waals surface area (Å²) in [6.07, 6.45) is 15.8. The van der Waals surface area contributed by atoms with Crippen molar-refractivity contribution in [2.75, 3.05) is 6.54 Å². The van der Waals surface area contributed by atoms with Gasteiger partial charge >= 0.3 is 5.97 Å². The van der Waals surface area contributed by atoms with Crippen LogP contribution in [-0.4, -0.2) is 23.5 Å². The Morgan fingerprint density at radius 3 is 2.48 bits per heavy atom. The standard InChI is InChI=1S/C27H45NO3/c1-18(7-12-24(29)28-17-14-25(30)31)21-10-11-22-20-9-8-19-6-4-5-15-26(19,2)23(20)13-16-27(21,22)3/h18-23H,4-17H2,1-3H3,(H,28,29)(H,30,31)/t18?,19-,20-,21?,22-,23-,26-,27+/m0/s1. The first-order chi connectivity index (χ1) is 14.8. The zero-order chi connectivity index (χ0) is 22.2. The van der Waals surface area contributed by atoms with E-state index in [0.29, 0.717) is 23.2 Å². The van der Waals surface area contributed by atoms with Gasteiger partial charge in [0.15, 0.2) is 0 Å². The number of hydrogen-bond acceptors (Lipinski definition) is 2. The maximum atomic E-state index is 12.2. The first kappa shape index (κ1) is 23.1. The molecule has 2 N–H and O–H groups in total. The molecule has 2 unspecified atom stereocenters. The molecule has 4 nitrogen and oxygen atoms in total. The molecule has 0 aromatic carbocycles. The number of nitrogens with one attached hydrogen (secondary N) is 1. The van der Waals surface area contributed by atoms with Gasteiger partial charge in [-0.15, -0.1) is 0 Å². The van der Waals surface area contributed by atoms with Crippen molar-refractivity contribution in [1.29, 1.82) is 0 Å². The predicted molar refractivity (Wildman–Crippen MR) is 123 cm³/mol. The molecule has 0 radical (unpaired) electrons. The van der Waals surface area contributed by atoms with Crippen LogP contribution in [0.4, 0.5) is 0 Å². The molecule has 31 heavy (non-hydrogen) atoms. The molecule has 0 aliphatic heterocycles. The number of aliphatic carboxylic acids is 1. The van der Waals surface area contributed by atoms with Crippen molar-refractivity contribution in [2.24, 2.45) is 46.3 Å². The summed E-state index contributed by atoms with van der Waals surface area (Å²) in [5.41, 5.74) is 1.07. The highest BCUT2D eigenvalue weighted by Gasteiger charge is 2.60. The van der Waals surface area contributed by atoms with Crippen molar-refractivity contribution >= 4 is 11.9 Å². The third-order valence-electron chi connectivity index (χ3n) is 10.8. The number of fused-ring (bicyclic) bond motifs is 5. The van der Waals surface area contributed by atoms with Gasteiger partial charge in [-0.25, -0.2) is 0 Å². The summed E-state index contributed by atoms with van der Waals surface area (Å²) >= 11 is 0. The van der Waals surface area contributed by atoms with E-state index >= 15 is 0 Å². The molecule has 0 aromatic rings. The lowest BCUT2D eigenvalue weighted by atomic mass is 9.44. The van der Waals surface area contributed by atoms with E-state index in [1.807, 2.05) is 0 Å². The zero-order valence-corrected chi connectivity index (χ0v) is 20.1. The Morgan fingerprint density at radius 2 is 1.71 bits per heavy atom. The smallest absolute Gasteiger partial charge is 0.305 e. The number of hydrogen-bond donors (Lipinski definition) is 2. The van der Waals surface area contributed by atoms with E-state index in [2.05, 4.69) is 26.1 Å². The molecule has 4 aliphatic rings. The van der Waals surface area contributed by atoms with Gasteiger partial charge in [0.25, 0.3) is 0 Å². The molecule has 0 aromatic heterocycles. The lowest BCUT2D eigenvalue weighted by molar-refractivity contribution is -0.136. The molecular formula is C27H45NO3. The van der Waals surface area contributed by atoms with E-state index in [4.69, 9.17) is 5.11 Å². The van der Waals surface area contributed by atoms with Crippen LogP contribution in [0, 0.1) is 46.3 Å². The fourth-order valence-corrected chi connectivity index (χ4v) is 9.23. The highest BCUT2D eigenvalue weighted by molar-refractivity contribution is 5.76. The van der Waals surface area contributed by atoms with E-state index in [1.165, 1.54) is 64.2 Å². The van der Waals surface area contributed by atoms with Crippen molar-refractivity contribution in [3.8, 4) is 0 Å². The largest absolute Gasteiger partial charge is 0.481 e. The lowest BCUT2D eigenvalue weighted by Crippen LogP contribution is -2.53. The molecule has 4 saturated carbocycles. The molecule has 0 saturated heterocycles. The van der Waals surface area contributed by atoms with Crippen LogP contribution >= 0.6 is 0 Å². The van der Waals surface area contributed by atoms with Crippen LogP contribution in [0.25, 0.3) is 0 Å². The number of carboxylic acid groups (broad SMARTS) is 1. The van der Waals surface area contributed by atoms with Gasteiger partial charge in [-0.2, -0.15) is 0 Å². The minimum absolute atomic E-state index is 0.00595. The van der Waals surface area contributed by atoms with Crippen molar-refractivity contribution in [1.82, 2.24) is 5.32 Å². The van der Waals surface area contributed by atoms with Crippen molar-refractivity contribution in [3.05, 3.63) is 0 Å². The molecule has 4 heteroatoms. The molecule has 1 amide bonds. The molecule has 0 bridgehead atoms. The van der Waals surface area contributed by atoms with Crippen LogP contribution in [0.2, 0.25) is 0 Å². The second-order valence-electron chi connectivity index (χ2n) is 12.1. The van der Waals surface area contributed by atoms with Crippen LogP contribution in [0.1, 0.15) is 104 Å². The zero-order valence-electron chi connectivity index (χ0n) is 20.1. The van der Waals surface area contributed by atoms with E-state index < -0.39 is 5.97 Å². The predicted octanol–water partition coefficient (Wildman–Crippen LogP) is 6.04. The topological polar surface area (TPSA) is 66.4 Å². The summed E-state index contributed by atoms with van der Waals surface area (Å²) in [6.45, 7) is 7.88. The van der Waals surface area contributed by atoms with Crippen LogP contribution in [0.3, 0.4) is 0 Å². The van der Waals surface area contributed by atoms with Crippen molar-refractivity contribution in [2.45, 2.75) is 104 Å². The Hall–Kier alpha value is -1.06. The third kappa shape index (κ3) is 4.29. The third-order valence-corrected chi connectivity index (χ3v) is 10.8. The number of carbonyl (C=O) groups excluding carboxylic acids is 1. The minimum Gasteiger partial charge on any atom is -0.481 e. The van der Waals surface area contributed by atoms with Crippen LogP contribution < -0.4 is 5.32 Å². The van der Waals surface area contributed by atoms with Gasteiger partial charge in [0.2, 0.25) is 5.91 Å². The fourth-order valence-electron chi connectivity index (χ4n) is 9.23. The lowest BCUT2D eigenvalue weighted by Gasteiger charge is -2.61. The average molecular weight is 432 g/mol. The normalized spacial score (nSPS) is 42.7. The number of amides is 1. The summed E-state index contributed by atoms with van der Waals surface area (Å²) in [5.74, 6) is 4.24. The Bertz CT molecular complexity index is 677. The van der Waals surface area contributed by atoms with Gasteiger partial charge in [-0.05, 0) is 104 Å². The highest BCUT2D eigenvalue weighted by atomic mass is 16.4. The maximum absolute atomic E-state index is 12.2. The Morgan fingerprint density at radius 1 is 0.935 bits per heavy atom. The molecule has 0 heterocycles. The average Bonchev–Trinajstić information content (AvgIpc) is 3.08. The first-order valence-electron chi connectivity index (χ1n) is 13.2. The maximum Gasteiger partial charge on any atom is 0.305 e. The van der Waals surface area contributed by atoms with Gasteiger partial charge in [0, 0.05) is 13.0 Å². The van der Waals surface area contributed by atoms with Gasteiger partial charge in [-0.3, -0.25) is 9.59 Å². The van der Waals surface area contributed by atoms with Crippen LogP contribution in [0.5, 0.6) is 0 Å². The Labute approximate surface area is 189 Å². The van der Waals surface area contributed by atoms with Gasteiger partial charge in [0.1, 0.15) is 0 Å². The highest BCUT2D eigenvalue weighted by Crippen LogP contribution is 2.68. The monoisotopic (exact) mass is 431 g/mol. The summed E-state index contributed by atoms with van der Waals surface area (Å²) in [6, 6.07) is 0. The van der Waals surface area contributed by atoms with Crippen molar-refractivity contribution < 1.29 is 14.7 Å². The molecule has 0 spiro atoms. The van der Waals surface area contributed by atoms with Crippen LogP contribution in [0.15, 0.2) is 0 Å². The number of carboxylic acids is 1. The van der Waals surface area contributed by atoms with E-state index in [0.717, 1.165) is 36.0 Å². The summed E-state index contributed by atoms with van der Waals surface area (Å²) < 4.78 is 0. The summed E-state index contributed by atoms with van der Waals surface area (Å²) in [7, 11) is 0. The van der Waals surface area contributed by atoms with E-state index in [-0.39, 0.29) is 18.9 Å². The van der Waals surface area contributed by atoms with E-state index in [9.17, 15) is 9.59 Å². The Balaban J connectivity index is 1.36. The minimum atomic E-state index is -0.856. The second kappa shape index (κ2) is 9.06. The van der Waals surface area contributed by atoms with Gasteiger partial charge in [0.05, 0.1) is 6.42 Å². The first-order valence-corrected chi connectivity index (χ1v) is 13.2. The summed E-state index contributed by atoms with van der Waals surface area (Å²) in [5, 5.41) is 11.5. The SMILES string of the molecule is CC(CCC(=O)NCCC(=O)O)C1CC[C@H]2[C@@H]3CC[C@@H]4CCCC[C@]4(C)[C@H]3CC[C@]12C. The quantitative estimate of drug-likeness (QED) is 0.516. The molecular weight excluding hydrogens is 386 g/mol. The number of rotatable bonds is 7. The molecule has 4 aliphatic carbocycles. The molecule has 4 rings (SSSR count). The fraction of sp³-hybridized carbons (Fsp3) is 0.926. The second-order valence-corrected chi connectivity index (χ2v) is 12.1. The summed E-state index contributed by atoms with van der Waals surface area (Å²) in [4.78, 5) is 22.8. The Kier molecular flexibility index (Phi) is 6.75. The van der Waals surface area contributed by atoms with E-state index in [1.54, 1.807) is 0 Å². The van der Waals surface area contributed by atoms with Crippen LogP contribution in [-0.2, 0) is 9.59 Å². The van der Waals surface area contributed by atoms with Gasteiger partial charge in [-0.1, -0.05) is 33.6 Å². The molecule has 4 fully saturated rings. The van der Waals surface area contributed by atoms with Gasteiger partial charge < -0.3 is 10.4 Å². The number of carbonyl (C=O) groups is 2.